The van der Waals surface area contributed by atoms with Gasteiger partial charge in [-0.05, 0) is 31.7 Å². The van der Waals surface area contributed by atoms with Gasteiger partial charge in [0.25, 0.3) is 0 Å². The molecule has 5 nitrogen and oxygen atoms in total. The summed E-state index contributed by atoms with van der Waals surface area (Å²) in [7, 11) is 0. The lowest BCUT2D eigenvalue weighted by molar-refractivity contribution is 0.0527. The zero-order valence-corrected chi connectivity index (χ0v) is 12.3. The molecular weight excluding hydrogens is 254 g/mol. The van der Waals surface area contributed by atoms with E-state index in [0.29, 0.717) is 29.6 Å². The minimum absolute atomic E-state index is 0.345. The van der Waals surface area contributed by atoms with Gasteiger partial charge in [0.2, 0.25) is 0 Å². The molecule has 0 aliphatic carbocycles. The molecule has 2 heterocycles. The first kappa shape index (κ1) is 14.6. The van der Waals surface area contributed by atoms with Gasteiger partial charge >= 0.3 is 5.97 Å². The Labute approximate surface area is 120 Å². The molecule has 2 rings (SSSR count). The summed E-state index contributed by atoms with van der Waals surface area (Å²) in [6.07, 6.45) is 5.22. The molecule has 1 unspecified atom stereocenters. The van der Waals surface area contributed by atoms with E-state index in [0.717, 1.165) is 13.1 Å². The van der Waals surface area contributed by atoms with Crippen LogP contribution in [0, 0.1) is 5.92 Å². The van der Waals surface area contributed by atoms with Crippen LogP contribution in [-0.4, -0.2) is 30.6 Å². The standard InChI is InChI=1S/C15H23N3O2/c1-3-5-11-7-9-18(10-11)14-13(16)12(6-8-17-14)15(19)20-4-2/h6,8,11H,3-5,7,9-10,16H2,1-2H3. The lowest BCUT2D eigenvalue weighted by Gasteiger charge is -2.20. The van der Waals surface area contributed by atoms with Crippen LogP contribution < -0.4 is 10.6 Å². The van der Waals surface area contributed by atoms with Crippen molar-refractivity contribution >= 4 is 17.5 Å². The number of nitrogen functional groups attached to an aromatic ring is 1. The second-order valence-electron chi connectivity index (χ2n) is 5.21. The van der Waals surface area contributed by atoms with E-state index in [1.807, 2.05) is 0 Å². The summed E-state index contributed by atoms with van der Waals surface area (Å²) >= 11 is 0. The molecule has 1 aliphatic heterocycles. The zero-order chi connectivity index (χ0) is 14.5. The Morgan fingerprint density at radius 3 is 3.05 bits per heavy atom. The van der Waals surface area contributed by atoms with Crippen molar-refractivity contribution in [2.75, 3.05) is 30.3 Å². The Morgan fingerprint density at radius 2 is 2.35 bits per heavy atom. The van der Waals surface area contributed by atoms with Crippen molar-refractivity contribution < 1.29 is 9.53 Å². The molecule has 1 aliphatic rings. The Bertz CT molecular complexity index is 476. The number of aromatic nitrogens is 1. The average molecular weight is 277 g/mol. The fourth-order valence-corrected chi connectivity index (χ4v) is 2.77. The predicted molar refractivity (Wildman–Crippen MR) is 79.8 cm³/mol. The molecule has 1 atom stereocenters. The number of esters is 1. The maximum atomic E-state index is 11.9. The number of pyridine rings is 1. The number of hydrogen-bond acceptors (Lipinski definition) is 5. The molecule has 0 amide bonds. The third-order valence-electron chi connectivity index (χ3n) is 3.75. The molecule has 1 aromatic heterocycles. The van der Waals surface area contributed by atoms with Crippen LogP contribution in [0.2, 0.25) is 0 Å². The molecule has 0 saturated carbocycles. The summed E-state index contributed by atoms with van der Waals surface area (Å²) in [6, 6.07) is 1.62. The highest BCUT2D eigenvalue weighted by atomic mass is 16.5. The number of nitrogens with zero attached hydrogens (tertiary/aromatic N) is 2. The third kappa shape index (κ3) is 3.03. The van der Waals surface area contributed by atoms with E-state index in [4.69, 9.17) is 10.5 Å². The highest BCUT2D eigenvalue weighted by Crippen LogP contribution is 2.30. The molecule has 2 N–H and O–H groups in total. The molecule has 0 spiro atoms. The number of nitrogens with two attached hydrogens (primary N) is 1. The quantitative estimate of drug-likeness (QED) is 0.837. The molecule has 20 heavy (non-hydrogen) atoms. The van der Waals surface area contributed by atoms with Gasteiger partial charge in [0.1, 0.15) is 0 Å². The van der Waals surface area contributed by atoms with Gasteiger partial charge in [0.05, 0.1) is 17.9 Å². The lowest BCUT2D eigenvalue weighted by atomic mass is 10.0. The number of rotatable bonds is 5. The van der Waals surface area contributed by atoms with E-state index >= 15 is 0 Å². The molecule has 1 saturated heterocycles. The highest BCUT2D eigenvalue weighted by Gasteiger charge is 2.26. The molecular formula is C15H23N3O2. The van der Waals surface area contributed by atoms with E-state index in [1.165, 1.54) is 19.3 Å². The Hall–Kier alpha value is -1.78. The second kappa shape index (κ2) is 6.59. The Morgan fingerprint density at radius 1 is 1.55 bits per heavy atom. The van der Waals surface area contributed by atoms with E-state index in [1.54, 1.807) is 19.2 Å². The van der Waals surface area contributed by atoms with Crippen LogP contribution in [0.3, 0.4) is 0 Å². The molecule has 0 bridgehead atoms. The van der Waals surface area contributed by atoms with E-state index in [9.17, 15) is 4.79 Å². The van der Waals surface area contributed by atoms with Crippen molar-refractivity contribution in [1.29, 1.82) is 0 Å². The normalized spacial score (nSPS) is 18.3. The van der Waals surface area contributed by atoms with Gasteiger partial charge in [0, 0.05) is 19.3 Å². The van der Waals surface area contributed by atoms with Gasteiger partial charge in [-0.2, -0.15) is 0 Å². The molecule has 5 heteroatoms. The number of carbonyl (C=O) groups is 1. The van der Waals surface area contributed by atoms with Gasteiger partial charge in [0.15, 0.2) is 5.82 Å². The van der Waals surface area contributed by atoms with Crippen LogP contribution in [0.5, 0.6) is 0 Å². The fourth-order valence-electron chi connectivity index (χ4n) is 2.77. The predicted octanol–water partition coefficient (Wildman–Crippen LogP) is 2.47. The number of ether oxygens (including phenoxy) is 1. The molecule has 110 valence electrons. The highest BCUT2D eigenvalue weighted by molar-refractivity contribution is 5.97. The van der Waals surface area contributed by atoms with Crippen LogP contribution in [-0.2, 0) is 4.74 Å². The Balaban J connectivity index is 2.17. The van der Waals surface area contributed by atoms with Gasteiger partial charge in [-0.15, -0.1) is 0 Å². The van der Waals surface area contributed by atoms with Gasteiger partial charge in [-0.25, -0.2) is 9.78 Å². The maximum Gasteiger partial charge on any atom is 0.340 e. The van der Waals surface area contributed by atoms with E-state index < -0.39 is 0 Å². The van der Waals surface area contributed by atoms with Gasteiger partial charge in [-0.1, -0.05) is 13.3 Å². The minimum Gasteiger partial charge on any atom is -0.462 e. The van der Waals surface area contributed by atoms with Gasteiger partial charge in [-0.3, -0.25) is 0 Å². The first-order valence-corrected chi connectivity index (χ1v) is 7.33. The van der Waals surface area contributed by atoms with Crippen molar-refractivity contribution in [3.8, 4) is 0 Å². The van der Waals surface area contributed by atoms with Crippen molar-refractivity contribution in [3.63, 3.8) is 0 Å². The summed E-state index contributed by atoms with van der Waals surface area (Å²) in [6.45, 7) is 6.26. The number of anilines is 2. The molecule has 1 aromatic rings. The van der Waals surface area contributed by atoms with Crippen LogP contribution >= 0.6 is 0 Å². The van der Waals surface area contributed by atoms with Crippen LogP contribution in [0.25, 0.3) is 0 Å². The van der Waals surface area contributed by atoms with Gasteiger partial charge < -0.3 is 15.4 Å². The second-order valence-corrected chi connectivity index (χ2v) is 5.21. The molecule has 1 fully saturated rings. The lowest BCUT2D eigenvalue weighted by Crippen LogP contribution is -2.23. The monoisotopic (exact) mass is 277 g/mol. The SMILES string of the molecule is CCCC1CCN(c2nccc(C(=O)OCC)c2N)C1. The summed E-state index contributed by atoms with van der Waals surface area (Å²) < 4.78 is 5.02. The topological polar surface area (TPSA) is 68.5 Å². The summed E-state index contributed by atoms with van der Waals surface area (Å²) in [5.74, 6) is 1.04. The van der Waals surface area contributed by atoms with Crippen molar-refractivity contribution in [3.05, 3.63) is 17.8 Å². The smallest absolute Gasteiger partial charge is 0.340 e. The average Bonchev–Trinajstić information content (AvgIpc) is 2.88. The minimum atomic E-state index is -0.377. The largest absolute Gasteiger partial charge is 0.462 e. The fraction of sp³-hybridized carbons (Fsp3) is 0.600. The summed E-state index contributed by atoms with van der Waals surface area (Å²) in [5.41, 5.74) is 6.95. The van der Waals surface area contributed by atoms with E-state index in [2.05, 4.69) is 16.8 Å². The summed E-state index contributed by atoms with van der Waals surface area (Å²) in [5, 5.41) is 0. The van der Waals surface area contributed by atoms with Crippen molar-refractivity contribution in [2.45, 2.75) is 33.1 Å². The van der Waals surface area contributed by atoms with Crippen LogP contribution in [0.4, 0.5) is 11.5 Å². The molecule has 0 aromatic carbocycles. The summed E-state index contributed by atoms with van der Waals surface area (Å²) in [4.78, 5) is 18.4. The maximum absolute atomic E-state index is 11.9. The Kier molecular flexibility index (Phi) is 4.82. The number of carbonyl (C=O) groups excluding carboxylic acids is 1. The van der Waals surface area contributed by atoms with Crippen molar-refractivity contribution in [1.82, 2.24) is 4.98 Å². The molecule has 0 radical (unpaired) electrons. The van der Waals surface area contributed by atoms with Crippen LogP contribution in [0.1, 0.15) is 43.5 Å². The van der Waals surface area contributed by atoms with Crippen LogP contribution in [0.15, 0.2) is 12.3 Å². The first-order chi connectivity index (χ1) is 9.67. The number of hydrogen-bond donors (Lipinski definition) is 1. The van der Waals surface area contributed by atoms with Crippen molar-refractivity contribution in [2.24, 2.45) is 5.92 Å². The first-order valence-electron chi connectivity index (χ1n) is 7.33. The third-order valence-corrected chi connectivity index (χ3v) is 3.75. The van der Waals surface area contributed by atoms with E-state index in [-0.39, 0.29) is 5.97 Å². The zero-order valence-electron chi connectivity index (χ0n) is 12.3.